The molecule has 0 N–H and O–H groups in total. The molecule has 0 aliphatic carbocycles. The Labute approximate surface area is 87.9 Å². The maximum Gasteiger partial charge on any atom is 0.181 e. The predicted molar refractivity (Wildman–Crippen MR) is 52.1 cm³/mol. The standard InChI is InChI=1S/C8H6BrFN4/c9-7-2-11-8(12-3-7)6-1-13-14(4-6)5-10/h1-4H,5H2. The number of hydrogen-bond donors (Lipinski definition) is 0. The van der Waals surface area contributed by atoms with Gasteiger partial charge in [0.25, 0.3) is 0 Å². The summed E-state index contributed by atoms with van der Waals surface area (Å²) < 4.78 is 14.2. The van der Waals surface area contributed by atoms with E-state index in [-0.39, 0.29) is 0 Å². The first-order valence-electron chi connectivity index (χ1n) is 3.86. The molecule has 14 heavy (non-hydrogen) atoms. The first kappa shape index (κ1) is 9.26. The van der Waals surface area contributed by atoms with Crippen LogP contribution in [0.25, 0.3) is 11.4 Å². The van der Waals surface area contributed by atoms with Gasteiger partial charge in [-0.25, -0.2) is 19.0 Å². The van der Waals surface area contributed by atoms with Crippen molar-refractivity contribution in [3.63, 3.8) is 0 Å². The van der Waals surface area contributed by atoms with Crippen LogP contribution in [0.1, 0.15) is 0 Å². The van der Waals surface area contributed by atoms with E-state index in [1.54, 1.807) is 18.6 Å². The summed E-state index contributed by atoms with van der Waals surface area (Å²) in [4.78, 5) is 8.12. The fraction of sp³-hybridized carbons (Fsp3) is 0.125. The van der Waals surface area contributed by atoms with Crippen molar-refractivity contribution in [1.29, 1.82) is 0 Å². The van der Waals surface area contributed by atoms with E-state index in [1.165, 1.54) is 10.9 Å². The second kappa shape index (κ2) is 3.83. The van der Waals surface area contributed by atoms with Crippen LogP contribution in [0.3, 0.4) is 0 Å². The normalized spacial score (nSPS) is 10.4. The van der Waals surface area contributed by atoms with Gasteiger partial charge in [0, 0.05) is 18.6 Å². The topological polar surface area (TPSA) is 43.6 Å². The quantitative estimate of drug-likeness (QED) is 0.826. The molecule has 0 atom stereocenters. The highest BCUT2D eigenvalue weighted by atomic mass is 79.9. The van der Waals surface area contributed by atoms with Crippen LogP contribution in [0.5, 0.6) is 0 Å². The van der Waals surface area contributed by atoms with E-state index in [1.807, 2.05) is 0 Å². The maximum absolute atomic E-state index is 12.2. The lowest BCUT2D eigenvalue weighted by molar-refractivity contribution is 0.350. The van der Waals surface area contributed by atoms with Crippen molar-refractivity contribution in [3.8, 4) is 11.4 Å². The van der Waals surface area contributed by atoms with Crippen molar-refractivity contribution in [2.24, 2.45) is 0 Å². The molecule has 0 bridgehead atoms. The van der Waals surface area contributed by atoms with Gasteiger partial charge in [-0.05, 0) is 15.9 Å². The molecule has 6 heteroatoms. The lowest BCUT2D eigenvalue weighted by Gasteiger charge is -1.94. The van der Waals surface area contributed by atoms with Crippen LogP contribution in [-0.4, -0.2) is 19.7 Å². The van der Waals surface area contributed by atoms with E-state index in [0.717, 1.165) is 4.47 Å². The third-order valence-electron chi connectivity index (χ3n) is 1.63. The molecule has 0 aliphatic heterocycles. The average Bonchev–Trinajstić information content (AvgIpc) is 2.67. The van der Waals surface area contributed by atoms with Gasteiger partial charge in [0.2, 0.25) is 0 Å². The van der Waals surface area contributed by atoms with Crippen molar-refractivity contribution < 1.29 is 4.39 Å². The van der Waals surface area contributed by atoms with E-state index in [0.29, 0.717) is 11.4 Å². The number of nitrogens with zero attached hydrogens (tertiary/aromatic N) is 4. The van der Waals surface area contributed by atoms with E-state index < -0.39 is 6.80 Å². The van der Waals surface area contributed by atoms with Gasteiger partial charge in [-0.2, -0.15) is 5.10 Å². The molecule has 2 rings (SSSR count). The van der Waals surface area contributed by atoms with Crippen molar-refractivity contribution in [2.45, 2.75) is 6.80 Å². The Bertz CT molecular complexity index is 425. The molecule has 0 saturated carbocycles. The van der Waals surface area contributed by atoms with Crippen LogP contribution < -0.4 is 0 Å². The molecule has 0 spiro atoms. The zero-order valence-corrected chi connectivity index (χ0v) is 8.65. The van der Waals surface area contributed by atoms with Gasteiger partial charge < -0.3 is 0 Å². The minimum absolute atomic E-state index is 0.535. The molecule has 2 aromatic rings. The van der Waals surface area contributed by atoms with E-state index in [9.17, 15) is 4.39 Å². The van der Waals surface area contributed by atoms with Crippen molar-refractivity contribution in [3.05, 3.63) is 29.3 Å². The molecule has 0 aliphatic rings. The zero-order valence-electron chi connectivity index (χ0n) is 7.06. The summed E-state index contributed by atoms with van der Waals surface area (Å²) in [5.41, 5.74) is 0.704. The Morgan fingerprint density at radius 2 is 2.00 bits per heavy atom. The summed E-state index contributed by atoms with van der Waals surface area (Å²) in [6, 6.07) is 0. The van der Waals surface area contributed by atoms with E-state index >= 15 is 0 Å². The molecule has 4 nitrogen and oxygen atoms in total. The Morgan fingerprint density at radius 3 is 2.57 bits per heavy atom. The summed E-state index contributed by atoms with van der Waals surface area (Å²) in [6.45, 7) is -0.642. The highest BCUT2D eigenvalue weighted by Crippen LogP contribution is 2.14. The SMILES string of the molecule is FCn1cc(-c2ncc(Br)cn2)cn1. The largest absolute Gasteiger partial charge is 0.241 e. The van der Waals surface area contributed by atoms with Crippen LogP contribution in [0.4, 0.5) is 4.39 Å². The Morgan fingerprint density at radius 1 is 1.29 bits per heavy atom. The molecule has 0 amide bonds. The summed E-state index contributed by atoms with van der Waals surface area (Å²) in [5, 5.41) is 3.78. The summed E-state index contributed by atoms with van der Waals surface area (Å²) in [7, 11) is 0. The summed E-state index contributed by atoms with van der Waals surface area (Å²) in [6.07, 6.45) is 6.36. The molecule has 0 aromatic carbocycles. The Hall–Kier alpha value is -1.30. The molecule has 0 radical (unpaired) electrons. The van der Waals surface area contributed by atoms with Crippen LogP contribution in [0, 0.1) is 0 Å². The van der Waals surface area contributed by atoms with Crippen LogP contribution >= 0.6 is 15.9 Å². The Kier molecular flexibility index (Phi) is 2.53. The van der Waals surface area contributed by atoms with Gasteiger partial charge in [0.05, 0.1) is 16.2 Å². The van der Waals surface area contributed by atoms with Crippen molar-refractivity contribution >= 4 is 15.9 Å². The second-order valence-corrected chi connectivity index (χ2v) is 3.53. The zero-order chi connectivity index (χ0) is 9.97. The summed E-state index contributed by atoms with van der Waals surface area (Å²) >= 11 is 3.23. The molecular weight excluding hydrogens is 251 g/mol. The monoisotopic (exact) mass is 256 g/mol. The number of rotatable bonds is 2. The molecule has 0 unspecified atom stereocenters. The first-order valence-corrected chi connectivity index (χ1v) is 4.65. The third-order valence-corrected chi connectivity index (χ3v) is 2.04. The predicted octanol–water partition coefficient (Wildman–Crippen LogP) is 2.03. The second-order valence-electron chi connectivity index (χ2n) is 2.61. The lowest BCUT2D eigenvalue weighted by atomic mass is 10.3. The van der Waals surface area contributed by atoms with Gasteiger partial charge in [-0.1, -0.05) is 0 Å². The van der Waals surface area contributed by atoms with E-state index in [4.69, 9.17) is 0 Å². The molecule has 0 saturated heterocycles. The van der Waals surface area contributed by atoms with Gasteiger partial charge >= 0.3 is 0 Å². The fourth-order valence-electron chi connectivity index (χ4n) is 1.01. The molecule has 0 fully saturated rings. The van der Waals surface area contributed by atoms with Gasteiger partial charge in [0.1, 0.15) is 0 Å². The average molecular weight is 257 g/mol. The van der Waals surface area contributed by atoms with Crippen LogP contribution in [-0.2, 0) is 6.80 Å². The van der Waals surface area contributed by atoms with Crippen LogP contribution in [0.2, 0.25) is 0 Å². The van der Waals surface area contributed by atoms with Crippen molar-refractivity contribution in [2.75, 3.05) is 0 Å². The smallest absolute Gasteiger partial charge is 0.181 e. The first-order chi connectivity index (χ1) is 6.79. The molecule has 72 valence electrons. The minimum Gasteiger partial charge on any atom is -0.241 e. The molecule has 2 aromatic heterocycles. The van der Waals surface area contributed by atoms with E-state index in [2.05, 4.69) is 31.0 Å². The Balaban J connectivity index is 2.34. The van der Waals surface area contributed by atoms with Gasteiger partial charge in [-0.15, -0.1) is 0 Å². The molecule has 2 heterocycles. The van der Waals surface area contributed by atoms with Gasteiger partial charge in [-0.3, -0.25) is 0 Å². The number of halogens is 2. The molecular formula is C8H6BrFN4. The maximum atomic E-state index is 12.2. The fourth-order valence-corrected chi connectivity index (χ4v) is 1.21. The van der Waals surface area contributed by atoms with Crippen molar-refractivity contribution in [1.82, 2.24) is 19.7 Å². The van der Waals surface area contributed by atoms with Gasteiger partial charge in [0.15, 0.2) is 12.6 Å². The summed E-state index contributed by atoms with van der Waals surface area (Å²) in [5.74, 6) is 0.535. The number of alkyl halides is 1. The number of hydrogen-bond acceptors (Lipinski definition) is 3. The highest BCUT2D eigenvalue weighted by molar-refractivity contribution is 9.10. The van der Waals surface area contributed by atoms with Crippen LogP contribution in [0.15, 0.2) is 29.3 Å². The number of aromatic nitrogens is 4. The third kappa shape index (κ3) is 1.79. The lowest BCUT2D eigenvalue weighted by Crippen LogP contribution is -1.91. The highest BCUT2D eigenvalue weighted by Gasteiger charge is 2.03. The minimum atomic E-state index is -0.642.